The quantitative estimate of drug-likeness (QED) is 0.218. The van der Waals surface area contributed by atoms with E-state index < -0.39 is 25.2 Å². The molecule has 0 rings (SSSR count). The van der Waals surface area contributed by atoms with Crippen LogP contribution >= 0.6 is 0 Å². The molecule has 0 saturated carbocycles. The minimum atomic E-state index is -1.17. The standard InChI is InChI=1S/4C2H6O2.2Cr/c4*1-2(3)4;;/h4*2-4H,1H3;;. The number of aliphatic hydroxyl groups excluding tert-OH is 4. The van der Waals surface area contributed by atoms with Crippen molar-refractivity contribution in [1.82, 2.24) is 0 Å². The summed E-state index contributed by atoms with van der Waals surface area (Å²) in [6.45, 7) is 5.11. The fourth-order valence-electron chi connectivity index (χ4n) is 0. The molecule has 0 radical (unpaired) electrons. The second-order valence-electron chi connectivity index (χ2n) is 2.53. The maximum atomic E-state index is 7.61. The molecule has 0 bridgehead atoms. The van der Waals surface area contributed by atoms with Crippen LogP contribution in [0.15, 0.2) is 0 Å². The van der Waals surface area contributed by atoms with E-state index in [1.807, 2.05) is 0 Å². The summed E-state index contributed by atoms with van der Waals surface area (Å²) in [6, 6.07) is 0. The fraction of sp³-hybridized carbons (Fsp3) is 1.00. The van der Waals surface area contributed by atoms with Gasteiger partial charge in [0.1, 0.15) is 25.2 Å². The van der Waals surface area contributed by atoms with Crippen LogP contribution in [0, 0.1) is 0 Å². The molecule has 0 spiro atoms. The molecule has 0 aromatic rings. The van der Waals surface area contributed by atoms with Gasteiger partial charge in [0, 0.05) is 34.7 Å². The van der Waals surface area contributed by atoms with Gasteiger partial charge in [0.25, 0.3) is 0 Å². The van der Waals surface area contributed by atoms with Crippen molar-refractivity contribution in [1.29, 1.82) is 0 Å². The van der Waals surface area contributed by atoms with Gasteiger partial charge in [-0.3, -0.25) is 0 Å². The Morgan fingerprint density at radius 3 is 0.389 bits per heavy atom. The van der Waals surface area contributed by atoms with Gasteiger partial charge >= 0.3 is 0 Å². The molecule has 10 heteroatoms. The van der Waals surface area contributed by atoms with E-state index >= 15 is 0 Å². The molecule has 0 fully saturated rings. The van der Waals surface area contributed by atoms with E-state index in [1.54, 1.807) is 0 Å². The van der Waals surface area contributed by atoms with Crippen LogP contribution in [0.2, 0.25) is 0 Å². The number of hydrogen-bond donors (Lipinski definition) is 8. The summed E-state index contributed by atoms with van der Waals surface area (Å²) >= 11 is 0. The van der Waals surface area contributed by atoms with Crippen molar-refractivity contribution in [2.24, 2.45) is 0 Å². The SMILES string of the molecule is CC(O)O.CC(O)O.CC(O)O.CC(O)O.[Cr].[Cr]. The first-order valence-corrected chi connectivity index (χ1v) is 4.37. The second kappa shape index (κ2) is 30.6. The molecule has 0 aromatic heterocycles. The molecule has 0 aliphatic rings. The van der Waals surface area contributed by atoms with Crippen LogP contribution in [0.4, 0.5) is 0 Å². The summed E-state index contributed by atoms with van der Waals surface area (Å²) in [6.07, 6.45) is -4.67. The van der Waals surface area contributed by atoms with Crippen molar-refractivity contribution < 1.29 is 75.6 Å². The van der Waals surface area contributed by atoms with Crippen LogP contribution in [-0.2, 0) is 34.7 Å². The zero-order chi connectivity index (χ0) is 14.3. The van der Waals surface area contributed by atoms with Crippen LogP contribution in [0.3, 0.4) is 0 Å². The van der Waals surface area contributed by atoms with Gasteiger partial charge < -0.3 is 40.9 Å². The van der Waals surface area contributed by atoms with Gasteiger partial charge in [0.05, 0.1) is 0 Å². The molecular formula is C8H24Cr2O8. The van der Waals surface area contributed by atoms with Gasteiger partial charge in [-0.15, -0.1) is 0 Å². The molecule has 0 unspecified atom stereocenters. The van der Waals surface area contributed by atoms with Gasteiger partial charge in [-0.05, 0) is 27.7 Å². The molecule has 0 atom stereocenters. The van der Waals surface area contributed by atoms with Crippen molar-refractivity contribution in [3.63, 3.8) is 0 Å². The van der Waals surface area contributed by atoms with E-state index in [-0.39, 0.29) is 34.7 Å². The smallest absolute Gasteiger partial charge is 0.148 e. The largest absolute Gasteiger partial charge is 0.368 e. The summed E-state index contributed by atoms with van der Waals surface area (Å²) in [5.74, 6) is 0. The third-order valence-corrected chi connectivity index (χ3v) is 0. The first kappa shape index (κ1) is 36.3. The van der Waals surface area contributed by atoms with Gasteiger partial charge in [-0.25, -0.2) is 0 Å². The van der Waals surface area contributed by atoms with Crippen molar-refractivity contribution in [2.45, 2.75) is 52.9 Å². The summed E-state index contributed by atoms with van der Waals surface area (Å²) in [7, 11) is 0. The molecule has 0 heterocycles. The van der Waals surface area contributed by atoms with Crippen LogP contribution in [-0.4, -0.2) is 66.0 Å². The van der Waals surface area contributed by atoms with Crippen molar-refractivity contribution in [3.8, 4) is 0 Å². The maximum Gasteiger partial charge on any atom is 0.148 e. The number of aliphatic hydroxyl groups is 8. The minimum Gasteiger partial charge on any atom is -0.368 e. The third kappa shape index (κ3) is 7480. The monoisotopic (exact) mass is 352 g/mol. The molecular weight excluding hydrogens is 328 g/mol. The molecule has 0 aromatic carbocycles. The number of rotatable bonds is 0. The molecule has 8 N–H and O–H groups in total. The third-order valence-electron chi connectivity index (χ3n) is 0. The molecule has 116 valence electrons. The van der Waals surface area contributed by atoms with E-state index in [4.69, 9.17) is 40.9 Å². The summed E-state index contributed by atoms with van der Waals surface area (Å²) in [4.78, 5) is 0. The van der Waals surface area contributed by atoms with Crippen molar-refractivity contribution in [3.05, 3.63) is 0 Å². The van der Waals surface area contributed by atoms with E-state index in [1.165, 1.54) is 27.7 Å². The Balaban J connectivity index is -0.0000000257. The minimum absolute atomic E-state index is 0. The Bertz CT molecular complexity index is 68.1. The molecule has 0 aliphatic heterocycles. The van der Waals surface area contributed by atoms with Crippen molar-refractivity contribution in [2.75, 3.05) is 0 Å². The van der Waals surface area contributed by atoms with E-state index in [0.29, 0.717) is 0 Å². The fourth-order valence-corrected chi connectivity index (χ4v) is 0. The molecule has 8 nitrogen and oxygen atoms in total. The first-order valence-electron chi connectivity index (χ1n) is 4.37. The molecule has 0 saturated heterocycles. The Kier molecular flexibility index (Phi) is 61.8. The van der Waals surface area contributed by atoms with E-state index in [0.717, 1.165) is 0 Å². The zero-order valence-electron chi connectivity index (χ0n) is 10.7. The average Bonchev–Trinajstić information content (AvgIpc) is 1.76. The van der Waals surface area contributed by atoms with Gasteiger partial charge in [0.15, 0.2) is 0 Å². The predicted molar refractivity (Wildman–Crippen MR) is 55.6 cm³/mol. The van der Waals surface area contributed by atoms with E-state index in [2.05, 4.69) is 0 Å². The molecule has 0 amide bonds. The van der Waals surface area contributed by atoms with E-state index in [9.17, 15) is 0 Å². The normalized spacial score (nSPS) is 8.00. The second-order valence-corrected chi connectivity index (χ2v) is 2.53. The van der Waals surface area contributed by atoms with Gasteiger partial charge in [0.2, 0.25) is 0 Å². The van der Waals surface area contributed by atoms with Crippen LogP contribution in [0.5, 0.6) is 0 Å². The predicted octanol–water partition coefficient (Wildman–Crippen LogP) is -2.74. The Hall–Kier alpha value is 0.745. The Labute approximate surface area is 128 Å². The molecule has 0 aliphatic carbocycles. The zero-order valence-corrected chi connectivity index (χ0v) is 13.3. The topological polar surface area (TPSA) is 162 Å². The first-order chi connectivity index (χ1) is 6.93. The molecule has 18 heavy (non-hydrogen) atoms. The number of hydrogen-bond acceptors (Lipinski definition) is 8. The van der Waals surface area contributed by atoms with Crippen LogP contribution < -0.4 is 0 Å². The average molecular weight is 352 g/mol. The maximum absolute atomic E-state index is 7.61. The summed E-state index contributed by atoms with van der Waals surface area (Å²) in [5.41, 5.74) is 0. The van der Waals surface area contributed by atoms with Crippen LogP contribution in [0.1, 0.15) is 27.7 Å². The van der Waals surface area contributed by atoms with Gasteiger partial charge in [-0.2, -0.15) is 0 Å². The Morgan fingerprint density at radius 2 is 0.389 bits per heavy atom. The summed E-state index contributed by atoms with van der Waals surface area (Å²) < 4.78 is 0. The Morgan fingerprint density at radius 1 is 0.389 bits per heavy atom. The van der Waals surface area contributed by atoms with Crippen molar-refractivity contribution >= 4 is 0 Å². The van der Waals surface area contributed by atoms with Crippen LogP contribution in [0.25, 0.3) is 0 Å². The summed E-state index contributed by atoms with van der Waals surface area (Å²) in [5, 5.41) is 60.9. The van der Waals surface area contributed by atoms with Gasteiger partial charge in [-0.1, -0.05) is 0 Å².